The lowest BCUT2D eigenvalue weighted by atomic mass is 10.1. The van der Waals surface area contributed by atoms with Gasteiger partial charge in [0.2, 0.25) is 5.91 Å². The number of aliphatic carboxylic acids is 1. The number of nitrogens with zero attached hydrogens (tertiary/aromatic N) is 1. The molecule has 0 spiro atoms. The summed E-state index contributed by atoms with van der Waals surface area (Å²) in [6, 6.07) is 7.11. The minimum atomic E-state index is -0.994. The van der Waals surface area contributed by atoms with Crippen molar-refractivity contribution in [1.82, 2.24) is 5.32 Å². The molecule has 1 aromatic rings. The first-order valence-corrected chi connectivity index (χ1v) is 5.36. The minimum Gasteiger partial charge on any atom is -0.481 e. The van der Waals surface area contributed by atoms with Crippen molar-refractivity contribution in [3.05, 3.63) is 35.4 Å². The summed E-state index contributed by atoms with van der Waals surface area (Å²) in [5, 5.41) is 22.3. The van der Waals surface area contributed by atoms with Crippen LogP contribution in [0.25, 0.3) is 0 Å². The Kier molecular flexibility index (Phi) is 5.37. The van der Waals surface area contributed by atoms with E-state index in [1.54, 1.807) is 18.2 Å². The minimum absolute atomic E-state index is 0.0346. The predicted molar refractivity (Wildman–Crippen MR) is 64.5 cm³/mol. The molecular formula is C12H14N2O4. The highest BCUT2D eigenvalue weighted by atomic mass is 16.4. The number of hydrogen-bond donors (Lipinski definition) is 3. The van der Waals surface area contributed by atoms with Crippen LogP contribution in [0.1, 0.15) is 24.0 Å². The lowest BCUT2D eigenvalue weighted by molar-refractivity contribution is -0.138. The van der Waals surface area contributed by atoms with E-state index in [-0.39, 0.29) is 18.7 Å². The van der Waals surface area contributed by atoms with Crippen molar-refractivity contribution in [2.24, 2.45) is 5.16 Å². The second-order valence-corrected chi connectivity index (χ2v) is 3.66. The number of nitrogens with one attached hydrogen (secondary N) is 1. The SMILES string of the molecule is O=C(O)CCC(=O)NCc1cccc(/C=N\O)c1. The number of amides is 1. The molecule has 0 heterocycles. The van der Waals surface area contributed by atoms with Crippen LogP contribution in [0.3, 0.4) is 0 Å². The van der Waals surface area contributed by atoms with Gasteiger partial charge in [-0.25, -0.2) is 0 Å². The Hall–Kier alpha value is -2.37. The van der Waals surface area contributed by atoms with E-state index in [1.807, 2.05) is 6.07 Å². The van der Waals surface area contributed by atoms with Crippen molar-refractivity contribution < 1.29 is 19.9 Å². The smallest absolute Gasteiger partial charge is 0.303 e. The van der Waals surface area contributed by atoms with Crippen molar-refractivity contribution in [1.29, 1.82) is 0 Å². The Morgan fingerprint density at radius 3 is 2.78 bits per heavy atom. The van der Waals surface area contributed by atoms with Gasteiger partial charge < -0.3 is 15.6 Å². The van der Waals surface area contributed by atoms with Crippen LogP contribution < -0.4 is 5.32 Å². The van der Waals surface area contributed by atoms with Crippen molar-refractivity contribution in [2.45, 2.75) is 19.4 Å². The van der Waals surface area contributed by atoms with Crippen molar-refractivity contribution in [3.63, 3.8) is 0 Å². The summed E-state index contributed by atoms with van der Waals surface area (Å²) in [5.74, 6) is -1.30. The maximum absolute atomic E-state index is 11.3. The van der Waals surface area contributed by atoms with E-state index in [9.17, 15) is 9.59 Å². The highest BCUT2D eigenvalue weighted by Gasteiger charge is 2.04. The maximum atomic E-state index is 11.3. The number of rotatable bonds is 6. The van der Waals surface area contributed by atoms with Gasteiger partial charge in [-0.15, -0.1) is 0 Å². The van der Waals surface area contributed by atoms with Gasteiger partial charge in [0.15, 0.2) is 0 Å². The fraction of sp³-hybridized carbons (Fsp3) is 0.250. The molecule has 6 heteroatoms. The van der Waals surface area contributed by atoms with Crippen LogP contribution in [0.5, 0.6) is 0 Å². The fourth-order valence-electron chi connectivity index (χ4n) is 1.36. The van der Waals surface area contributed by atoms with E-state index in [0.717, 1.165) is 11.1 Å². The fourth-order valence-corrected chi connectivity index (χ4v) is 1.36. The molecule has 0 unspecified atom stereocenters. The monoisotopic (exact) mass is 250 g/mol. The summed E-state index contributed by atoms with van der Waals surface area (Å²) in [7, 11) is 0. The van der Waals surface area contributed by atoms with Gasteiger partial charge in [-0.1, -0.05) is 23.4 Å². The normalized spacial score (nSPS) is 10.4. The molecule has 6 nitrogen and oxygen atoms in total. The summed E-state index contributed by atoms with van der Waals surface area (Å²) in [6.07, 6.45) is 1.08. The van der Waals surface area contributed by atoms with Crippen LogP contribution in [0.2, 0.25) is 0 Å². The third-order valence-electron chi connectivity index (χ3n) is 2.21. The van der Waals surface area contributed by atoms with E-state index in [2.05, 4.69) is 10.5 Å². The molecule has 0 saturated carbocycles. The largest absolute Gasteiger partial charge is 0.481 e. The average Bonchev–Trinajstić information content (AvgIpc) is 2.35. The summed E-state index contributed by atoms with van der Waals surface area (Å²) < 4.78 is 0. The summed E-state index contributed by atoms with van der Waals surface area (Å²) in [6.45, 7) is 0.311. The van der Waals surface area contributed by atoms with E-state index < -0.39 is 5.97 Å². The lowest BCUT2D eigenvalue weighted by Gasteiger charge is -2.05. The molecule has 0 aromatic heterocycles. The topological polar surface area (TPSA) is 99.0 Å². The molecule has 0 aliphatic rings. The molecule has 0 bridgehead atoms. The zero-order valence-corrected chi connectivity index (χ0v) is 9.67. The summed E-state index contributed by atoms with van der Waals surface area (Å²) in [4.78, 5) is 21.6. The van der Waals surface area contributed by atoms with Gasteiger partial charge in [0.1, 0.15) is 0 Å². The Bertz CT molecular complexity index is 457. The first kappa shape index (κ1) is 13.7. The van der Waals surface area contributed by atoms with Crippen LogP contribution in [0, 0.1) is 0 Å². The van der Waals surface area contributed by atoms with E-state index >= 15 is 0 Å². The molecule has 0 radical (unpaired) electrons. The summed E-state index contributed by atoms with van der Waals surface area (Å²) in [5.41, 5.74) is 1.56. The van der Waals surface area contributed by atoms with Crippen LogP contribution in [-0.4, -0.2) is 28.4 Å². The molecule has 1 amide bonds. The maximum Gasteiger partial charge on any atom is 0.303 e. The molecule has 0 atom stereocenters. The van der Waals surface area contributed by atoms with Crippen LogP contribution >= 0.6 is 0 Å². The number of carboxylic acid groups (broad SMARTS) is 1. The number of carbonyl (C=O) groups is 2. The number of benzene rings is 1. The molecule has 0 saturated heterocycles. The summed E-state index contributed by atoms with van der Waals surface area (Å²) >= 11 is 0. The van der Waals surface area contributed by atoms with Gasteiger partial charge in [-0.05, 0) is 17.2 Å². The van der Waals surface area contributed by atoms with Crippen LogP contribution in [0.15, 0.2) is 29.4 Å². The van der Waals surface area contributed by atoms with Gasteiger partial charge in [0.25, 0.3) is 0 Å². The molecule has 0 aliphatic carbocycles. The van der Waals surface area contributed by atoms with Gasteiger partial charge in [0, 0.05) is 13.0 Å². The third-order valence-corrected chi connectivity index (χ3v) is 2.21. The predicted octanol–water partition coefficient (Wildman–Crippen LogP) is 0.976. The second-order valence-electron chi connectivity index (χ2n) is 3.66. The Morgan fingerprint density at radius 1 is 1.33 bits per heavy atom. The molecule has 0 aliphatic heterocycles. The highest BCUT2D eigenvalue weighted by Crippen LogP contribution is 2.03. The first-order valence-electron chi connectivity index (χ1n) is 5.36. The van der Waals surface area contributed by atoms with Crippen LogP contribution in [0.4, 0.5) is 0 Å². The average molecular weight is 250 g/mol. The van der Waals surface area contributed by atoms with Gasteiger partial charge in [0.05, 0.1) is 12.6 Å². The number of carboxylic acids is 1. The van der Waals surface area contributed by atoms with Crippen molar-refractivity contribution in [2.75, 3.05) is 0 Å². The van der Waals surface area contributed by atoms with Crippen molar-refractivity contribution in [3.8, 4) is 0 Å². The first-order chi connectivity index (χ1) is 8.61. The van der Waals surface area contributed by atoms with Crippen LogP contribution in [-0.2, 0) is 16.1 Å². The molecular weight excluding hydrogens is 236 g/mol. The number of oxime groups is 1. The molecule has 0 fully saturated rings. The van der Waals surface area contributed by atoms with Gasteiger partial charge in [-0.3, -0.25) is 9.59 Å². The van der Waals surface area contributed by atoms with E-state index in [1.165, 1.54) is 6.21 Å². The zero-order valence-electron chi connectivity index (χ0n) is 9.67. The Morgan fingerprint density at radius 2 is 2.11 bits per heavy atom. The van der Waals surface area contributed by atoms with Gasteiger partial charge in [-0.2, -0.15) is 0 Å². The third kappa shape index (κ3) is 5.11. The number of hydrogen-bond acceptors (Lipinski definition) is 4. The van der Waals surface area contributed by atoms with E-state index in [4.69, 9.17) is 10.3 Å². The molecule has 96 valence electrons. The molecule has 1 rings (SSSR count). The highest BCUT2D eigenvalue weighted by molar-refractivity contribution is 5.81. The quantitative estimate of drug-likeness (QED) is 0.398. The second kappa shape index (κ2) is 7.05. The van der Waals surface area contributed by atoms with Crippen molar-refractivity contribution >= 4 is 18.1 Å². The standard InChI is InChI=1S/C12H14N2O4/c15-11(4-5-12(16)17)13-7-9-2-1-3-10(6-9)8-14-18/h1-3,6,8,18H,4-5,7H2,(H,13,15)(H,16,17)/b14-8-. The molecule has 18 heavy (non-hydrogen) atoms. The molecule has 3 N–H and O–H groups in total. The zero-order chi connectivity index (χ0) is 13.4. The number of carbonyl (C=O) groups excluding carboxylic acids is 1. The Balaban J connectivity index is 2.45. The molecule has 1 aromatic carbocycles. The lowest BCUT2D eigenvalue weighted by Crippen LogP contribution is -2.23. The Labute approximate surface area is 104 Å². The van der Waals surface area contributed by atoms with E-state index in [0.29, 0.717) is 6.54 Å². The van der Waals surface area contributed by atoms with Gasteiger partial charge >= 0.3 is 5.97 Å².